The van der Waals surface area contributed by atoms with Crippen LogP contribution in [0, 0.1) is 6.92 Å². The molecule has 0 saturated carbocycles. The standard InChI is InChI=1S/C14H21NO4S/c1-12-7-9-13(10-8-12)20(18,19)15-11-5-3-2-4-6-14(16)17/h7-10,15H,2-6,11H2,1H3,(H,16,17). The summed E-state index contributed by atoms with van der Waals surface area (Å²) in [5, 5.41) is 8.48. The van der Waals surface area contributed by atoms with Crippen molar-refractivity contribution in [2.75, 3.05) is 6.54 Å². The number of hydrogen-bond acceptors (Lipinski definition) is 3. The zero-order chi connectivity index (χ0) is 15.0. The van der Waals surface area contributed by atoms with E-state index >= 15 is 0 Å². The van der Waals surface area contributed by atoms with Gasteiger partial charge < -0.3 is 5.11 Å². The van der Waals surface area contributed by atoms with Crippen molar-refractivity contribution >= 4 is 16.0 Å². The van der Waals surface area contributed by atoms with Crippen molar-refractivity contribution in [3.8, 4) is 0 Å². The predicted molar refractivity (Wildman–Crippen MR) is 77.1 cm³/mol. The van der Waals surface area contributed by atoms with E-state index in [4.69, 9.17) is 5.11 Å². The number of benzene rings is 1. The second-order valence-corrected chi connectivity index (χ2v) is 6.54. The molecule has 5 nitrogen and oxygen atoms in total. The van der Waals surface area contributed by atoms with E-state index < -0.39 is 16.0 Å². The highest BCUT2D eigenvalue weighted by atomic mass is 32.2. The second kappa shape index (κ2) is 8.01. The molecule has 0 amide bonds. The normalized spacial score (nSPS) is 11.4. The van der Waals surface area contributed by atoms with Crippen molar-refractivity contribution in [2.45, 2.75) is 43.9 Å². The molecule has 1 rings (SSSR count). The fourth-order valence-corrected chi connectivity index (χ4v) is 2.84. The fraction of sp³-hybridized carbons (Fsp3) is 0.500. The SMILES string of the molecule is Cc1ccc(S(=O)(=O)NCCCCCCC(=O)O)cc1. The summed E-state index contributed by atoms with van der Waals surface area (Å²) < 4.78 is 26.4. The summed E-state index contributed by atoms with van der Waals surface area (Å²) in [5.41, 5.74) is 1.02. The number of hydrogen-bond donors (Lipinski definition) is 2. The van der Waals surface area contributed by atoms with Gasteiger partial charge in [0.1, 0.15) is 0 Å². The van der Waals surface area contributed by atoms with Crippen LogP contribution in [-0.4, -0.2) is 26.0 Å². The first-order valence-electron chi connectivity index (χ1n) is 6.70. The maximum absolute atomic E-state index is 11.9. The molecule has 1 aromatic carbocycles. The van der Waals surface area contributed by atoms with Crippen molar-refractivity contribution in [2.24, 2.45) is 0 Å². The Kier molecular flexibility index (Phi) is 6.67. The molecule has 0 aromatic heterocycles. The molecule has 20 heavy (non-hydrogen) atoms. The molecular weight excluding hydrogens is 278 g/mol. The Labute approximate surface area is 120 Å². The largest absolute Gasteiger partial charge is 0.481 e. The van der Waals surface area contributed by atoms with E-state index in [1.165, 1.54) is 0 Å². The Hall–Kier alpha value is -1.40. The maximum atomic E-state index is 11.9. The Balaban J connectivity index is 2.27. The summed E-state index contributed by atoms with van der Waals surface area (Å²) in [4.78, 5) is 10.6. The number of rotatable bonds is 9. The Morgan fingerprint density at radius 3 is 2.30 bits per heavy atom. The van der Waals surface area contributed by atoms with E-state index in [2.05, 4.69) is 4.72 Å². The Morgan fingerprint density at radius 2 is 1.70 bits per heavy atom. The van der Waals surface area contributed by atoms with Gasteiger partial charge in [-0.05, 0) is 31.9 Å². The van der Waals surface area contributed by atoms with Crippen LogP contribution in [0.1, 0.15) is 37.7 Å². The van der Waals surface area contributed by atoms with E-state index in [0.717, 1.165) is 18.4 Å². The molecule has 2 N–H and O–H groups in total. The van der Waals surface area contributed by atoms with Crippen LogP contribution in [0.2, 0.25) is 0 Å². The van der Waals surface area contributed by atoms with Crippen molar-refractivity contribution in [3.63, 3.8) is 0 Å². The van der Waals surface area contributed by atoms with Crippen molar-refractivity contribution in [1.29, 1.82) is 0 Å². The van der Waals surface area contributed by atoms with E-state index in [1.807, 2.05) is 6.92 Å². The first-order valence-corrected chi connectivity index (χ1v) is 8.18. The van der Waals surface area contributed by atoms with E-state index in [9.17, 15) is 13.2 Å². The molecule has 6 heteroatoms. The molecule has 0 heterocycles. The summed E-state index contributed by atoms with van der Waals surface area (Å²) in [6.07, 6.45) is 3.15. The quantitative estimate of drug-likeness (QED) is 0.685. The van der Waals surface area contributed by atoms with Gasteiger partial charge >= 0.3 is 5.97 Å². The van der Waals surface area contributed by atoms with E-state index in [-0.39, 0.29) is 11.3 Å². The molecule has 0 unspecified atom stereocenters. The number of carboxylic acids is 1. The lowest BCUT2D eigenvalue weighted by Crippen LogP contribution is -2.24. The van der Waals surface area contributed by atoms with Gasteiger partial charge in [-0.3, -0.25) is 4.79 Å². The minimum absolute atomic E-state index is 0.176. The van der Waals surface area contributed by atoms with Gasteiger partial charge in [-0.25, -0.2) is 13.1 Å². The molecule has 0 bridgehead atoms. The number of unbranched alkanes of at least 4 members (excludes halogenated alkanes) is 3. The van der Waals surface area contributed by atoms with Crippen LogP contribution in [0.4, 0.5) is 0 Å². The average Bonchev–Trinajstić information content (AvgIpc) is 2.37. The molecule has 0 fully saturated rings. The van der Waals surface area contributed by atoms with Crippen LogP contribution in [0.15, 0.2) is 29.2 Å². The number of aliphatic carboxylic acids is 1. The van der Waals surface area contributed by atoms with Gasteiger partial charge in [0.15, 0.2) is 0 Å². The van der Waals surface area contributed by atoms with Gasteiger partial charge in [0.05, 0.1) is 4.90 Å². The lowest BCUT2D eigenvalue weighted by molar-refractivity contribution is -0.137. The van der Waals surface area contributed by atoms with Gasteiger partial charge in [-0.1, -0.05) is 30.5 Å². The summed E-state index contributed by atoms with van der Waals surface area (Å²) in [6.45, 7) is 2.28. The first kappa shape index (κ1) is 16.7. The molecule has 0 aliphatic heterocycles. The topological polar surface area (TPSA) is 83.5 Å². The lowest BCUT2D eigenvalue weighted by atomic mass is 10.1. The van der Waals surface area contributed by atoms with Crippen LogP contribution < -0.4 is 4.72 Å². The smallest absolute Gasteiger partial charge is 0.303 e. The van der Waals surface area contributed by atoms with Gasteiger partial charge in [0.2, 0.25) is 10.0 Å². The molecule has 0 spiro atoms. The van der Waals surface area contributed by atoms with Gasteiger partial charge in [0, 0.05) is 13.0 Å². The monoisotopic (exact) mass is 299 g/mol. The van der Waals surface area contributed by atoms with Crippen LogP contribution >= 0.6 is 0 Å². The van der Waals surface area contributed by atoms with Crippen molar-refractivity contribution in [1.82, 2.24) is 4.72 Å². The molecule has 1 aromatic rings. The Bertz CT molecular complexity index is 523. The summed E-state index contributed by atoms with van der Waals surface area (Å²) in [6, 6.07) is 6.70. The molecule has 0 radical (unpaired) electrons. The fourth-order valence-electron chi connectivity index (χ4n) is 1.76. The van der Waals surface area contributed by atoms with Crippen LogP contribution in [0.3, 0.4) is 0 Å². The number of aryl methyl sites for hydroxylation is 1. The van der Waals surface area contributed by atoms with Crippen LogP contribution in [0.25, 0.3) is 0 Å². The lowest BCUT2D eigenvalue weighted by Gasteiger charge is -2.07. The zero-order valence-electron chi connectivity index (χ0n) is 11.6. The minimum atomic E-state index is -3.43. The van der Waals surface area contributed by atoms with Gasteiger partial charge in [-0.2, -0.15) is 0 Å². The zero-order valence-corrected chi connectivity index (χ0v) is 12.4. The highest BCUT2D eigenvalue weighted by molar-refractivity contribution is 7.89. The minimum Gasteiger partial charge on any atom is -0.481 e. The number of carbonyl (C=O) groups is 1. The number of nitrogens with one attached hydrogen (secondary N) is 1. The molecule has 0 atom stereocenters. The van der Waals surface area contributed by atoms with Gasteiger partial charge in [0.25, 0.3) is 0 Å². The number of sulfonamides is 1. The van der Waals surface area contributed by atoms with E-state index in [1.54, 1.807) is 24.3 Å². The predicted octanol–water partition coefficient (Wildman–Crippen LogP) is 2.31. The van der Waals surface area contributed by atoms with Crippen LogP contribution in [0.5, 0.6) is 0 Å². The maximum Gasteiger partial charge on any atom is 0.303 e. The Morgan fingerprint density at radius 1 is 1.10 bits per heavy atom. The summed E-state index contributed by atoms with van der Waals surface area (Å²) >= 11 is 0. The van der Waals surface area contributed by atoms with Crippen molar-refractivity contribution < 1.29 is 18.3 Å². The first-order chi connectivity index (χ1) is 9.42. The molecule has 0 saturated heterocycles. The average molecular weight is 299 g/mol. The molecule has 112 valence electrons. The summed E-state index contributed by atoms with van der Waals surface area (Å²) in [5.74, 6) is -0.787. The highest BCUT2D eigenvalue weighted by Gasteiger charge is 2.12. The van der Waals surface area contributed by atoms with E-state index in [0.29, 0.717) is 19.4 Å². The third-order valence-electron chi connectivity index (χ3n) is 2.94. The summed E-state index contributed by atoms with van der Waals surface area (Å²) in [7, 11) is -3.43. The van der Waals surface area contributed by atoms with Crippen molar-refractivity contribution in [3.05, 3.63) is 29.8 Å². The second-order valence-electron chi connectivity index (χ2n) is 4.77. The molecule has 0 aliphatic rings. The number of carboxylic acid groups (broad SMARTS) is 1. The molecule has 0 aliphatic carbocycles. The third kappa shape index (κ3) is 6.16. The molecular formula is C14H21NO4S. The highest BCUT2D eigenvalue weighted by Crippen LogP contribution is 2.10. The third-order valence-corrected chi connectivity index (χ3v) is 4.42. The van der Waals surface area contributed by atoms with Gasteiger partial charge in [-0.15, -0.1) is 0 Å². The van der Waals surface area contributed by atoms with Crippen LogP contribution in [-0.2, 0) is 14.8 Å².